The molecule has 1 aromatic heterocycles. The van der Waals surface area contributed by atoms with Crippen LogP contribution in [0, 0.1) is 0 Å². The summed E-state index contributed by atoms with van der Waals surface area (Å²) in [6.07, 6.45) is 0.335. The summed E-state index contributed by atoms with van der Waals surface area (Å²) >= 11 is 3.45. The van der Waals surface area contributed by atoms with E-state index < -0.39 is 0 Å². The van der Waals surface area contributed by atoms with Gasteiger partial charge < -0.3 is 19.5 Å². The lowest BCUT2D eigenvalue weighted by molar-refractivity contribution is -0.131. The van der Waals surface area contributed by atoms with Crippen LogP contribution in [0.25, 0.3) is 10.9 Å². The SMILES string of the molecule is COc1cccc(CC(=O)N2CCN(C(=O)c3cc4cc(Br)ccc4[nH]3)CC2)c1. The maximum Gasteiger partial charge on any atom is 0.270 e. The first-order valence-corrected chi connectivity index (χ1v) is 10.3. The predicted octanol–water partition coefficient (Wildman–Crippen LogP) is 3.47. The first-order chi connectivity index (χ1) is 14.0. The molecule has 2 amide bonds. The molecule has 7 heteroatoms. The number of rotatable bonds is 4. The Hall–Kier alpha value is -2.80. The Morgan fingerprint density at radius 2 is 1.79 bits per heavy atom. The van der Waals surface area contributed by atoms with Gasteiger partial charge >= 0.3 is 0 Å². The second-order valence-corrected chi connectivity index (χ2v) is 8.03. The zero-order valence-corrected chi connectivity index (χ0v) is 17.7. The Morgan fingerprint density at radius 1 is 1.03 bits per heavy atom. The van der Waals surface area contributed by atoms with E-state index in [4.69, 9.17) is 4.74 Å². The van der Waals surface area contributed by atoms with E-state index in [0.29, 0.717) is 38.3 Å². The third kappa shape index (κ3) is 4.29. The molecule has 3 aromatic rings. The summed E-state index contributed by atoms with van der Waals surface area (Å²) in [5.74, 6) is 0.786. The van der Waals surface area contributed by atoms with Gasteiger partial charge in [0.05, 0.1) is 13.5 Å². The van der Waals surface area contributed by atoms with Crippen molar-refractivity contribution in [3.63, 3.8) is 0 Å². The van der Waals surface area contributed by atoms with Crippen LogP contribution in [0.4, 0.5) is 0 Å². The fraction of sp³-hybridized carbons (Fsp3) is 0.273. The van der Waals surface area contributed by atoms with Crippen molar-refractivity contribution in [2.24, 2.45) is 0 Å². The van der Waals surface area contributed by atoms with Gasteiger partial charge in [0, 0.05) is 41.6 Å². The van der Waals surface area contributed by atoms with Crippen LogP contribution in [0.2, 0.25) is 0 Å². The number of H-pyrrole nitrogens is 1. The number of nitrogens with one attached hydrogen (secondary N) is 1. The molecule has 2 heterocycles. The van der Waals surface area contributed by atoms with Gasteiger partial charge in [-0.3, -0.25) is 9.59 Å². The van der Waals surface area contributed by atoms with E-state index >= 15 is 0 Å². The van der Waals surface area contributed by atoms with E-state index in [1.807, 2.05) is 53.4 Å². The number of ether oxygens (including phenoxy) is 1. The molecule has 0 atom stereocenters. The van der Waals surface area contributed by atoms with E-state index in [1.54, 1.807) is 12.0 Å². The van der Waals surface area contributed by atoms with Crippen molar-refractivity contribution >= 4 is 38.6 Å². The summed E-state index contributed by atoms with van der Waals surface area (Å²) in [6, 6.07) is 15.3. The summed E-state index contributed by atoms with van der Waals surface area (Å²) in [7, 11) is 1.61. The Labute approximate surface area is 177 Å². The number of benzene rings is 2. The zero-order valence-electron chi connectivity index (χ0n) is 16.2. The van der Waals surface area contributed by atoms with Crippen molar-refractivity contribution in [1.82, 2.24) is 14.8 Å². The molecule has 1 aliphatic heterocycles. The Morgan fingerprint density at radius 3 is 2.55 bits per heavy atom. The summed E-state index contributed by atoms with van der Waals surface area (Å²) in [5, 5.41) is 0.995. The number of hydrogen-bond acceptors (Lipinski definition) is 3. The maximum absolute atomic E-state index is 12.9. The third-order valence-corrected chi connectivity index (χ3v) is 5.72. The lowest BCUT2D eigenvalue weighted by Crippen LogP contribution is -2.51. The van der Waals surface area contributed by atoms with Crippen molar-refractivity contribution in [1.29, 1.82) is 0 Å². The van der Waals surface area contributed by atoms with Gasteiger partial charge in [0.1, 0.15) is 11.4 Å². The van der Waals surface area contributed by atoms with Gasteiger partial charge in [-0.05, 0) is 42.0 Å². The van der Waals surface area contributed by atoms with Crippen LogP contribution in [0.3, 0.4) is 0 Å². The number of amides is 2. The van der Waals surface area contributed by atoms with E-state index in [1.165, 1.54) is 0 Å². The topological polar surface area (TPSA) is 65.6 Å². The molecular weight excluding hydrogens is 434 g/mol. The molecule has 0 aliphatic carbocycles. The van der Waals surface area contributed by atoms with Gasteiger partial charge in [-0.1, -0.05) is 28.1 Å². The lowest BCUT2D eigenvalue weighted by atomic mass is 10.1. The molecule has 1 fully saturated rings. The monoisotopic (exact) mass is 455 g/mol. The highest BCUT2D eigenvalue weighted by Gasteiger charge is 2.25. The molecule has 6 nitrogen and oxygen atoms in total. The molecule has 1 N–H and O–H groups in total. The smallest absolute Gasteiger partial charge is 0.270 e. The molecule has 0 unspecified atom stereocenters. The van der Waals surface area contributed by atoms with Gasteiger partial charge in [0.15, 0.2) is 0 Å². The number of methoxy groups -OCH3 is 1. The fourth-order valence-corrected chi connectivity index (χ4v) is 4.00. The van der Waals surface area contributed by atoms with Crippen molar-refractivity contribution in [2.45, 2.75) is 6.42 Å². The average Bonchev–Trinajstić information content (AvgIpc) is 3.16. The van der Waals surface area contributed by atoms with E-state index in [9.17, 15) is 9.59 Å². The van der Waals surface area contributed by atoms with Gasteiger partial charge in [-0.2, -0.15) is 0 Å². The molecule has 4 rings (SSSR count). The molecule has 150 valence electrons. The third-order valence-electron chi connectivity index (χ3n) is 5.22. The van der Waals surface area contributed by atoms with Crippen molar-refractivity contribution in [3.05, 3.63) is 64.3 Å². The van der Waals surface area contributed by atoms with Crippen LogP contribution in [-0.2, 0) is 11.2 Å². The number of aromatic nitrogens is 1. The highest BCUT2D eigenvalue weighted by Crippen LogP contribution is 2.22. The first-order valence-electron chi connectivity index (χ1n) is 9.52. The normalized spacial score (nSPS) is 14.3. The Kier molecular flexibility index (Phi) is 5.58. The Balaban J connectivity index is 1.36. The number of fused-ring (bicyclic) bond motifs is 1. The van der Waals surface area contributed by atoms with Crippen LogP contribution in [0.1, 0.15) is 16.1 Å². The molecule has 0 radical (unpaired) electrons. The average molecular weight is 456 g/mol. The number of halogens is 1. The highest BCUT2D eigenvalue weighted by molar-refractivity contribution is 9.10. The van der Waals surface area contributed by atoms with Crippen LogP contribution in [-0.4, -0.2) is 59.9 Å². The van der Waals surface area contributed by atoms with Crippen molar-refractivity contribution < 1.29 is 14.3 Å². The van der Waals surface area contributed by atoms with Crippen LogP contribution < -0.4 is 4.74 Å². The number of carbonyl (C=O) groups is 2. The van der Waals surface area contributed by atoms with Crippen molar-refractivity contribution in [2.75, 3.05) is 33.3 Å². The molecule has 1 saturated heterocycles. The quantitative estimate of drug-likeness (QED) is 0.654. The van der Waals surface area contributed by atoms with E-state index in [-0.39, 0.29) is 11.8 Å². The van der Waals surface area contributed by atoms with Gasteiger partial charge in [-0.15, -0.1) is 0 Å². The summed E-state index contributed by atoms with van der Waals surface area (Å²) in [4.78, 5) is 32.3. The largest absolute Gasteiger partial charge is 0.497 e. The predicted molar refractivity (Wildman–Crippen MR) is 115 cm³/mol. The fourth-order valence-electron chi connectivity index (χ4n) is 3.62. The van der Waals surface area contributed by atoms with Gasteiger partial charge in [0.25, 0.3) is 5.91 Å². The van der Waals surface area contributed by atoms with Crippen LogP contribution >= 0.6 is 15.9 Å². The highest BCUT2D eigenvalue weighted by atomic mass is 79.9. The minimum Gasteiger partial charge on any atom is -0.497 e. The lowest BCUT2D eigenvalue weighted by Gasteiger charge is -2.34. The second kappa shape index (κ2) is 8.29. The van der Waals surface area contributed by atoms with Crippen LogP contribution in [0.15, 0.2) is 53.0 Å². The summed E-state index contributed by atoms with van der Waals surface area (Å²) < 4.78 is 6.20. The number of hydrogen-bond donors (Lipinski definition) is 1. The number of carbonyl (C=O) groups excluding carboxylic acids is 2. The molecule has 0 saturated carbocycles. The Bertz CT molecular complexity index is 1050. The van der Waals surface area contributed by atoms with E-state index in [0.717, 1.165) is 26.7 Å². The second-order valence-electron chi connectivity index (χ2n) is 7.12. The number of aromatic amines is 1. The maximum atomic E-state index is 12.9. The molecular formula is C22H22BrN3O3. The molecule has 1 aliphatic rings. The summed E-state index contributed by atoms with van der Waals surface area (Å²) in [5.41, 5.74) is 2.44. The minimum absolute atomic E-state index is 0.0304. The minimum atomic E-state index is -0.0304. The van der Waals surface area contributed by atoms with Crippen molar-refractivity contribution in [3.8, 4) is 5.75 Å². The number of piperazine rings is 1. The zero-order chi connectivity index (χ0) is 20.4. The van der Waals surface area contributed by atoms with E-state index in [2.05, 4.69) is 20.9 Å². The first kappa shape index (κ1) is 19.5. The van der Waals surface area contributed by atoms with Gasteiger partial charge in [0.2, 0.25) is 5.91 Å². The molecule has 2 aromatic carbocycles. The standard InChI is InChI=1S/C22H22BrN3O3/c1-29-18-4-2-3-15(11-18)12-21(27)25-7-9-26(10-8-25)22(28)20-14-16-13-17(23)5-6-19(16)24-20/h2-6,11,13-14,24H,7-10,12H2,1H3. The van der Waals surface area contributed by atoms with Gasteiger partial charge in [-0.25, -0.2) is 0 Å². The molecule has 0 bridgehead atoms. The number of nitrogens with zero attached hydrogens (tertiary/aromatic N) is 2. The summed E-state index contributed by atoms with van der Waals surface area (Å²) in [6.45, 7) is 2.14. The van der Waals surface area contributed by atoms with Crippen LogP contribution in [0.5, 0.6) is 5.75 Å². The molecule has 29 heavy (non-hydrogen) atoms. The molecule has 0 spiro atoms.